The van der Waals surface area contributed by atoms with Crippen LogP contribution in [0.3, 0.4) is 0 Å². The van der Waals surface area contributed by atoms with E-state index in [2.05, 4.69) is 16.9 Å². The van der Waals surface area contributed by atoms with Gasteiger partial charge in [0, 0.05) is 11.9 Å². The summed E-state index contributed by atoms with van der Waals surface area (Å²) in [5.74, 6) is 0. The Morgan fingerprint density at radius 2 is 1.92 bits per heavy atom. The van der Waals surface area contributed by atoms with Crippen molar-refractivity contribution in [3.63, 3.8) is 0 Å². The highest BCUT2D eigenvalue weighted by Crippen LogP contribution is 2.07. The zero-order chi connectivity index (χ0) is 9.36. The maximum atomic E-state index is 3.99. The number of hydrogen-bond donors (Lipinski definition) is 1. The van der Waals surface area contributed by atoms with Crippen molar-refractivity contribution in [2.45, 2.75) is 44.9 Å². The van der Waals surface area contributed by atoms with Gasteiger partial charge in [-0.1, -0.05) is 39.0 Å². The van der Waals surface area contributed by atoms with Crippen molar-refractivity contribution in [2.24, 2.45) is 0 Å². The summed E-state index contributed by atoms with van der Waals surface area (Å²) >= 11 is 0. The number of nitrogens with one attached hydrogen (secondary N) is 1. The molecule has 1 heterocycles. The summed E-state index contributed by atoms with van der Waals surface area (Å²) in [6.45, 7) is 3.83. The first kappa shape index (κ1) is 10.3. The molecule has 2 heteroatoms. The summed E-state index contributed by atoms with van der Waals surface area (Å²) in [7, 11) is 0. The monoisotopic (exact) mass is 179 g/mol. The fourth-order valence-corrected chi connectivity index (χ4v) is 1.44. The third-order valence-corrected chi connectivity index (χ3v) is 2.25. The molecule has 0 saturated heterocycles. The van der Waals surface area contributed by atoms with Gasteiger partial charge in [0.2, 0.25) is 0 Å². The predicted molar refractivity (Wildman–Crippen MR) is 55.4 cm³/mol. The Balaban J connectivity index is 1.90. The molecule has 0 aliphatic heterocycles. The van der Waals surface area contributed by atoms with E-state index in [1.54, 1.807) is 6.33 Å². The summed E-state index contributed by atoms with van der Waals surface area (Å²) in [4.78, 5) is 7.10. The Morgan fingerprint density at radius 1 is 1.15 bits per heavy atom. The van der Waals surface area contributed by atoms with Crippen molar-refractivity contribution in [3.8, 4) is 0 Å². The van der Waals surface area contributed by atoms with Crippen LogP contribution in [0, 0.1) is 6.92 Å². The van der Waals surface area contributed by atoms with Gasteiger partial charge in [0.25, 0.3) is 0 Å². The summed E-state index contributed by atoms with van der Waals surface area (Å²) in [6, 6.07) is 0. The lowest BCUT2D eigenvalue weighted by atomic mass is 10.1. The van der Waals surface area contributed by atoms with Crippen LogP contribution in [-0.2, 0) is 6.42 Å². The molecule has 1 aromatic rings. The minimum absolute atomic E-state index is 1.08. The Morgan fingerprint density at radius 3 is 2.62 bits per heavy atom. The normalized spacial score (nSPS) is 10.5. The lowest BCUT2D eigenvalue weighted by molar-refractivity contribution is 0.614. The molecule has 1 radical (unpaired) electrons. The zero-order valence-electron chi connectivity index (χ0n) is 8.26. The smallest absolute Gasteiger partial charge is 0.0921 e. The Labute approximate surface area is 80.8 Å². The molecular weight excluding hydrogens is 160 g/mol. The molecule has 1 rings (SSSR count). The number of H-pyrrole nitrogens is 1. The van der Waals surface area contributed by atoms with Crippen molar-refractivity contribution in [3.05, 3.63) is 25.1 Å². The molecule has 13 heavy (non-hydrogen) atoms. The van der Waals surface area contributed by atoms with E-state index in [0.29, 0.717) is 0 Å². The Bertz CT molecular complexity index is 192. The van der Waals surface area contributed by atoms with Crippen LogP contribution in [0.5, 0.6) is 0 Å². The summed E-state index contributed by atoms with van der Waals surface area (Å²) in [5, 5.41) is 0. The van der Waals surface area contributed by atoms with Crippen molar-refractivity contribution in [1.82, 2.24) is 9.97 Å². The molecule has 1 aromatic heterocycles. The van der Waals surface area contributed by atoms with Crippen LogP contribution in [0.25, 0.3) is 0 Å². The largest absolute Gasteiger partial charge is 0.348 e. The highest BCUT2D eigenvalue weighted by molar-refractivity contribution is 4.93. The molecular formula is C11H19N2. The molecule has 73 valence electrons. The number of aromatic amines is 1. The molecule has 0 fully saturated rings. The quantitative estimate of drug-likeness (QED) is 0.640. The molecule has 0 unspecified atom stereocenters. The topological polar surface area (TPSA) is 28.7 Å². The van der Waals surface area contributed by atoms with E-state index in [1.807, 2.05) is 6.20 Å². The summed E-state index contributed by atoms with van der Waals surface area (Å²) in [6.07, 6.45) is 12.5. The van der Waals surface area contributed by atoms with Crippen LogP contribution in [0.4, 0.5) is 0 Å². The van der Waals surface area contributed by atoms with Crippen LogP contribution < -0.4 is 0 Å². The van der Waals surface area contributed by atoms with Gasteiger partial charge in [0.05, 0.1) is 6.33 Å². The fraction of sp³-hybridized carbons (Fsp3) is 0.636. The molecule has 2 nitrogen and oxygen atoms in total. The molecule has 0 aliphatic carbocycles. The van der Waals surface area contributed by atoms with Gasteiger partial charge in [-0.15, -0.1) is 0 Å². The molecule has 0 atom stereocenters. The molecule has 0 saturated carbocycles. The second kappa shape index (κ2) is 6.70. The van der Waals surface area contributed by atoms with E-state index in [9.17, 15) is 0 Å². The lowest BCUT2D eigenvalue weighted by Gasteiger charge is -1.98. The van der Waals surface area contributed by atoms with Crippen LogP contribution in [-0.4, -0.2) is 9.97 Å². The maximum absolute atomic E-state index is 3.99. The maximum Gasteiger partial charge on any atom is 0.0921 e. The third kappa shape index (κ3) is 4.71. The van der Waals surface area contributed by atoms with Crippen molar-refractivity contribution >= 4 is 0 Å². The minimum Gasteiger partial charge on any atom is -0.348 e. The van der Waals surface area contributed by atoms with Gasteiger partial charge in [-0.05, 0) is 12.8 Å². The minimum atomic E-state index is 1.08. The number of hydrogen-bond acceptors (Lipinski definition) is 1. The average Bonchev–Trinajstić information content (AvgIpc) is 2.63. The third-order valence-electron chi connectivity index (χ3n) is 2.25. The molecule has 0 amide bonds. The predicted octanol–water partition coefficient (Wildman–Crippen LogP) is 3.13. The van der Waals surface area contributed by atoms with Crippen LogP contribution in [0.2, 0.25) is 0 Å². The highest BCUT2D eigenvalue weighted by atomic mass is 14.9. The Kier molecular flexibility index (Phi) is 5.30. The van der Waals surface area contributed by atoms with Crippen LogP contribution in [0.1, 0.15) is 44.2 Å². The van der Waals surface area contributed by atoms with E-state index in [-0.39, 0.29) is 0 Å². The van der Waals surface area contributed by atoms with E-state index >= 15 is 0 Å². The van der Waals surface area contributed by atoms with E-state index in [1.165, 1.54) is 37.8 Å². The lowest BCUT2D eigenvalue weighted by Crippen LogP contribution is -1.85. The second-order valence-corrected chi connectivity index (χ2v) is 3.45. The van der Waals surface area contributed by atoms with Crippen molar-refractivity contribution < 1.29 is 0 Å². The van der Waals surface area contributed by atoms with Gasteiger partial charge in [-0.2, -0.15) is 0 Å². The van der Waals surface area contributed by atoms with Crippen molar-refractivity contribution in [2.75, 3.05) is 0 Å². The fourth-order valence-electron chi connectivity index (χ4n) is 1.44. The van der Waals surface area contributed by atoms with Gasteiger partial charge in [0.15, 0.2) is 0 Å². The standard InChI is InChI=1S/C11H19N2/c1-2-3-4-5-6-7-8-11-9-12-10-13-11/h9-10H,1-8H2,(H,12,13). The average molecular weight is 179 g/mol. The van der Waals surface area contributed by atoms with Gasteiger partial charge in [-0.3, -0.25) is 0 Å². The summed E-state index contributed by atoms with van der Waals surface area (Å²) in [5.41, 5.74) is 1.26. The SMILES string of the molecule is [CH2]CCCCCCCc1cnc[nH]1. The molecule has 0 bridgehead atoms. The van der Waals surface area contributed by atoms with E-state index < -0.39 is 0 Å². The number of aromatic nitrogens is 2. The molecule has 0 aromatic carbocycles. The number of nitrogens with zero attached hydrogens (tertiary/aromatic N) is 1. The highest BCUT2D eigenvalue weighted by Gasteiger charge is 1.93. The first-order valence-electron chi connectivity index (χ1n) is 5.20. The number of unbranched alkanes of at least 4 members (excludes halogenated alkanes) is 5. The van der Waals surface area contributed by atoms with E-state index in [4.69, 9.17) is 0 Å². The first-order valence-corrected chi connectivity index (χ1v) is 5.20. The van der Waals surface area contributed by atoms with Gasteiger partial charge >= 0.3 is 0 Å². The second-order valence-electron chi connectivity index (χ2n) is 3.45. The van der Waals surface area contributed by atoms with Gasteiger partial charge in [-0.25, -0.2) is 4.98 Å². The van der Waals surface area contributed by atoms with Gasteiger partial charge < -0.3 is 4.98 Å². The Hall–Kier alpha value is -0.790. The zero-order valence-corrected chi connectivity index (χ0v) is 8.26. The number of aryl methyl sites for hydroxylation is 1. The van der Waals surface area contributed by atoms with Crippen molar-refractivity contribution in [1.29, 1.82) is 0 Å². The molecule has 0 spiro atoms. The summed E-state index contributed by atoms with van der Waals surface area (Å²) < 4.78 is 0. The number of rotatable bonds is 7. The van der Waals surface area contributed by atoms with E-state index in [0.717, 1.165) is 12.8 Å². The first-order chi connectivity index (χ1) is 6.43. The van der Waals surface area contributed by atoms with Crippen LogP contribution >= 0.6 is 0 Å². The molecule has 0 aliphatic rings. The van der Waals surface area contributed by atoms with Gasteiger partial charge in [0.1, 0.15) is 0 Å². The van der Waals surface area contributed by atoms with Crippen LogP contribution in [0.15, 0.2) is 12.5 Å². The number of imidazole rings is 1. The molecule has 1 N–H and O–H groups in total.